The minimum atomic E-state index is -0.136. The Morgan fingerprint density at radius 2 is 1.20 bits per heavy atom. The Kier molecular flexibility index (Phi) is 4.51. The normalized spacial score (nSPS) is 11.0. The fourth-order valence-electron chi connectivity index (χ4n) is 3.74. The van der Waals surface area contributed by atoms with Gasteiger partial charge in [-0.15, -0.1) is 0 Å². The minimum Gasteiger partial charge on any atom is -0.207 e. The summed E-state index contributed by atoms with van der Waals surface area (Å²) in [6.07, 6.45) is 0. The first-order valence-corrected chi connectivity index (χ1v) is 8.74. The molecule has 1 heteroatoms. The quantitative estimate of drug-likeness (QED) is 0.473. The Hall–Kier alpha value is -2.41. The molecule has 0 aliphatic rings. The fourth-order valence-corrected chi connectivity index (χ4v) is 3.74. The van der Waals surface area contributed by atoms with Gasteiger partial charge in [0.25, 0.3) is 0 Å². The smallest absolute Gasteiger partial charge is 0.126 e. The van der Waals surface area contributed by atoms with Crippen LogP contribution in [-0.2, 0) is 0 Å². The summed E-state index contributed by atoms with van der Waals surface area (Å²) in [5.41, 5.74) is 11.6. The Labute approximate surface area is 150 Å². The van der Waals surface area contributed by atoms with E-state index in [4.69, 9.17) is 0 Å². The number of aryl methyl sites for hydroxylation is 4. The van der Waals surface area contributed by atoms with Crippen LogP contribution < -0.4 is 0 Å². The molecule has 0 amide bonds. The van der Waals surface area contributed by atoms with Gasteiger partial charge in [0.1, 0.15) is 5.82 Å². The fraction of sp³-hybridized carbons (Fsp3) is 0.250. The van der Waals surface area contributed by atoms with E-state index < -0.39 is 0 Å². The van der Waals surface area contributed by atoms with Crippen LogP contribution in [0.4, 0.5) is 4.39 Å². The van der Waals surface area contributed by atoms with Gasteiger partial charge in [-0.25, -0.2) is 4.39 Å². The first-order chi connectivity index (χ1) is 11.8. The van der Waals surface area contributed by atoms with Gasteiger partial charge < -0.3 is 0 Å². The maximum Gasteiger partial charge on any atom is 0.126 e. The molecule has 25 heavy (non-hydrogen) atoms. The van der Waals surface area contributed by atoms with E-state index in [1.807, 2.05) is 19.9 Å². The molecule has 3 aromatic carbocycles. The number of rotatable bonds is 2. The lowest BCUT2D eigenvalue weighted by Crippen LogP contribution is -1.96. The summed E-state index contributed by atoms with van der Waals surface area (Å²) in [5.74, 6) is -0.136. The van der Waals surface area contributed by atoms with Gasteiger partial charge in [0, 0.05) is 0 Å². The summed E-state index contributed by atoms with van der Waals surface area (Å²) >= 11 is 0. The molecule has 0 atom stereocenters. The van der Waals surface area contributed by atoms with Crippen LogP contribution in [0.25, 0.3) is 22.3 Å². The van der Waals surface area contributed by atoms with Crippen LogP contribution in [0.2, 0.25) is 0 Å². The zero-order valence-corrected chi connectivity index (χ0v) is 15.9. The SMILES string of the molecule is Cc1ccc(-c2cc(C)c(-c3ccc(F)c(C)c3C)c(C)c2)c(C)c1. The summed E-state index contributed by atoms with van der Waals surface area (Å²) in [4.78, 5) is 0. The molecular formula is C24H25F. The molecule has 0 bridgehead atoms. The third kappa shape index (κ3) is 3.11. The van der Waals surface area contributed by atoms with Crippen LogP contribution in [0, 0.1) is 47.4 Å². The van der Waals surface area contributed by atoms with Crippen LogP contribution in [0.3, 0.4) is 0 Å². The lowest BCUT2D eigenvalue weighted by atomic mass is 9.87. The molecule has 0 saturated carbocycles. The Morgan fingerprint density at radius 1 is 0.600 bits per heavy atom. The van der Waals surface area contributed by atoms with Crippen LogP contribution in [-0.4, -0.2) is 0 Å². The maximum atomic E-state index is 13.8. The maximum absolute atomic E-state index is 13.8. The van der Waals surface area contributed by atoms with Gasteiger partial charge >= 0.3 is 0 Å². The predicted molar refractivity (Wildman–Crippen MR) is 106 cm³/mol. The summed E-state index contributed by atoms with van der Waals surface area (Å²) < 4.78 is 13.8. The molecule has 128 valence electrons. The molecule has 0 unspecified atom stereocenters. The van der Waals surface area contributed by atoms with E-state index in [1.54, 1.807) is 6.07 Å². The van der Waals surface area contributed by atoms with E-state index in [-0.39, 0.29) is 5.82 Å². The van der Waals surface area contributed by atoms with Crippen molar-refractivity contribution in [1.82, 2.24) is 0 Å². The Balaban J connectivity index is 2.18. The highest BCUT2D eigenvalue weighted by molar-refractivity contribution is 5.79. The second-order valence-corrected chi connectivity index (χ2v) is 7.15. The van der Waals surface area contributed by atoms with Gasteiger partial charge in [0.15, 0.2) is 0 Å². The van der Waals surface area contributed by atoms with Crippen LogP contribution in [0.1, 0.15) is 33.4 Å². The Bertz CT molecular complexity index is 941. The van der Waals surface area contributed by atoms with Gasteiger partial charge in [-0.05, 0) is 97.7 Å². The number of hydrogen-bond acceptors (Lipinski definition) is 0. The summed E-state index contributed by atoms with van der Waals surface area (Å²) in [6, 6.07) is 14.6. The molecule has 0 saturated heterocycles. The molecule has 0 aromatic heterocycles. The van der Waals surface area contributed by atoms with Crippen LogP contribution in [0.15, 0.2) is 42.5 Å². The standard InChI is InChI=1S/C24H25F/c1-14-7-8-21(15(2)11-14)20-12-16(3)24(17(4)13-20)22-9-10-23(25)19(6)18(22)5/h7-13H,1-6H3. The molecule has 3 rings (SSSR count). The zero-order chi connectivity index (χ0) is 18.3. The lowest BCUT2D eigenvalue weighted by molar-refractivity contribution is 0.617. The van der Waals surface area contributed by atoms with Gasteiger partial charge in [0.2, 0.25) is 0 Å². The minimum absolute atomic E-state index is 0.136. The van der Waals surface area contributed by atoms with Gasteiger partial charge in [-0.1, -0.05) is 42.0 Å². The van der Waals surface area contributed by atoms with Gasteiger partial charge in [0.05, 0.1) is 0 Å². The van der Waals surface area contributed by atoms with Crippen molar-refractivity contribution in [3.63, 3.8) is 0 Å². The van der Waals surface area contributed by atoms with Crippen molar-refractivity contribution in [2.75, 3.05) is 0 Å². The third-order valence-corrected chi connectivity index (χ3v) is 5.22. The molecule has 0 radical (unpaired) electrons. The second kappa shape index (κ2) is 6.48. The molecule has 0 aliphatic carbocycles. The second-order valence-electron chi connectivity index (χ2n) is 7.15. The number of halogens is 1. The first kappa shape index (κ1) is 17.4. The van der Waals surface area contributed by atoms with Crippen molar-refractivity contribution in [2.45, 2.75) is 41.5 Å². The molecule has 0 heterocycles. The van der Waals surface area contributed by atoms with Crippen molar-refractivity contribution in [3.8, 4) is 22.3 Å². The lowest BCUT2D eigenvalue weighted by Gasteiger charge is -2.17. The monoisotopic (exact) mass is 332 g/mol. The van der Waals surface area contributed by atoms with Crippen molar-refractivity contribution >= 4 is 0 Å². The van der Waals surface area contributed by atoms with Crippen LogP contribution in [0.5, 0.6) is 0 Å². The molecule has 0 aliphatic heterocycles. The van der Waals surface area contributed by atoms with E-state index in [2.05, 4.69) is 58.0 Å². The van der Waals surface area contributed by atoms with E-state index >= 15 is 0 Å². The summed E-state index contributed by atoms with van der Waals surface area (Å²) in [7, 11) is 0. The zero-order valence-electron chi connectivity index (χ0n) is 15.9. The van der Waals surface area contributed by atoms with Crippen molar-refractivity contribution in [1.29, 1.82) is 0 Å². The molecule has 3 aromatic rings. The van der Waals surface area contributed by atoms with Crippen LogP contribution >= 0.6 is 0 Å². The largest absolute Gasteiger partial charge is 0.207 e. The molecule has 0 nitrogen and oxygen atoms in total. The topological polar surface area (TPSA) is 0 Å². The summed E-state index contributed by atoms with van der Waals surface area (Å²) in [5, 5.41) is 0. The number of benzene rings is 3. The highest BCUT2D eigenvalue weighted by Crippen LogP contribution is 2.36. The third-order valence-electron chi connectivity index (χ3n) is 5.22. The van der Waals surface area contributed by atoms with Crippen molar-refractivity contribution in [3.05, 3.63) is 81.7 Å². The summed E-state index contributed by atoms with van der Waals surface area (Å²) in [6.45, 7) is 12.4. The average molecular weight is 332 g/mol. The Morgan fingerprint density at radius 3 is 1.80 bits per heavy atom. The van der Waals surface area contributed by atoms with E-state index in [1.165, 1.54) is 38.9 Å². The molecular weight excluding hydrogens is 307 g/mol. The predicted octanol–water partition coefficient (Wildman–Crippen LogP) is 7.01. The number of hydrogen-bond donors (Lipinski definition) is 0. The van der Waals surface area contributed by atoms with Gasteiger partial charge in [-0.3, -0.25) is 0 Å². The highest BCUT2D eigenvalue weighted by Gasteiger charge is 2.14. The van der Waals surface area contributed by atoms with Gasteiger partial charge in [-0.2, -0.15) is 0 Å². The first-order valence-electron chi connectivity index (χ1n) is 8.74. The average Bonchev–Trinajstić information content (AvgIpc) is 2.54. The molecule has 0 spiro atoms. The van der Waals surface area contributed by atoms with E-state index in [9.17, 15) is 4.39 Å². The highest BCUT2D eigenvalue weighted by atomic mass is 19.1. The van der Waals surface area contributed by atoms with E-state index in [0.717, 1.165) is 16.7 Å². The van der Waals surface area contributed by atoms with Crippen molar-refractivity contribution in [2.24, 2.45) is 0 Å². The molecule has 0 N–H and O–H groups in total. The van der Waals surface area contributed by atoms with E-state index in [0.29, 0.717) is 0 Å². The van der Waals surface area contributed by atoms with Crippen molar-refractivity contribution < 1.29 is 4.39 Å². The molecule has 0 fully saturated rings.